The van der Waals surface area contributed by atoms with Crippen molar-refractivity contribution in [1.82, 2.24) is 0 Å². The fourth-order valence-corrected chi connectivity index (χ4v) is 12.6. The van der Waals surface area contributed by atoms with Gasteiger partial charge < -0.3 is 9.85 Å². The van der Waals surface area contributed by atoms with E-state index in [2.05, 4.69) is 121 Å². The average Bonchev–Trinajstić information content (AvgIpc) is 2.84. The van der Waals surface area contributed by atoms with E-state index in [1.807, 2.05) is 0 Å². The third kappa shape index (κ3) is 4.37. The highest BCUT2D eigenvalue weighted by Crippen LogP contribution is 2.15. The molecule has 4 aromatic carbocycles. The van der Waals surface area contributed by atoms with Gasteiger partial charge in [-0.05, 0) is 33.3 Å². The van der Waals surface area contributed by atoms with E-state index < -0.39 is 17.4 Å². The molecule has 0 spiro atoms. The third-order valence-electron chi connectivity index (χ3n) is 5.50. The van der Waals surface area contributed by atoms with Crippen LogP contribution < -0.4 is 26.5 Å². The average molecular weight is 426 g/mol. The SMILES string of the molecule is NCC[Si](O[SiH](c1ccccc1)c1ccccc1)(c1ccccc1)c1ccccc1. The van der Waals surface area contributed by atoms with E-state index in [-0.39, 0.29) is 0 Å². The zero-order valence-electron chi connectivity index (χ0n) is 17.0. The van der Waals surface area contributed by atoms with Gasteiger partial charge in [0.1, 0.15) is 0 Å². The monoisotopic (exact) mass is 425 g/mol. The molecule has 4 heteroatoms. The van der Waals surface area contributed by atoms with E-state index in [0.717, 1.165) is 6.04 Å². The van der Waals surface area contributed by atoms with Crippen LogP contribution in [0, 0.1) is 0 Å². The molecule has 0 saturated heterocycles. The van der Waals surface area contributed by atoms with Crippen molar-refractivity contribution in [2.24, 2.45) is 5.73 Å². The maximum atomic E-state index is 7.42. The molecule has 0 aliphatic rings. The second kappa shape index (κ2) is 9.82. The first-order valence-corrected chi connectivity index (χ1v) is 14.2. The van der Waals surface area contributed by atoms with Crippen LogP contribution in [0.5, 0.6) is 0 Å². The molecule has 2 N–H and O–H groups in total. The van der Waals surface area contributed by atoms with Crippen molar-refractivity contribution in [2.75, 3.05) is 6.54 Å². The van der Waals surface area contributed by atoms with E-state index in [4.69, 9.17) is 9.85 Å². The van der Waals surface area contributed by atoms with Crippen LogP contribution in [0.25, 0.3) is 0 Å². The molecule has 0 atom stereocenters. The summed E-state index contributed by atoms with van der Waals surface area (Å²) in [6, 6.07) is 43.7. The Morgan fingerprint density at radius 3 is 1.30 bits per heavy atom. The van der Waals surface area contributed by atoms with Crippen LogP contribution in [0.2, 0.25) is 6.04 Å². The molecular formula is C26H27NOSi2. The molecule has 0 aromatic heterocycles. The Hall–Kier alpha value is -2.77. The molecule has 4 rings (SSSR count). The number of nitrogens with two attached hydrogens (primary N) is 1. The van der Waals surface area contributed by atoms with E-state index in [9.17, 15) is 0 Å². The summed E-state index contributed by atoms with van der Waals surface area (Å²) in [7, 11) is -4.48. The van der Waals surface area contributed by atoms with Crippen molar-refractivity contribution in [2.45, 2.75) is 6.04 Å². The fourth-order valence-electron chi connectivity index (χ4n) is 4.05. The van der Waals surface area contributed by atoms with Gasteiger partial charge in [0.15, 0.2) is 0 Å². The third-order valence-corrected chi connectivity index (χ3v) is 13.6. The zero-order chi connectivity index (χ0) is 20.7. The molecule has 0 fully saturated rings. The minimum Gasteiger partial charge on any atom is -0.444 e. The molecule has 0 saturated carbocycles. The predicted molar refractivity (Wildman–Crippen MR) is 132 cm³/mol. The molecular weight excluding hydrogens is 398 g/mol. The van der Waals surface area contributed by atoms with Crippen molar-refractivity contribution in [1.29, 1.82) is 0 Å². The van der Waals surface area contributed by atoms with Crippen LogP contribution >= 0.6 is 0 Å². The lowest BCUT2D eigenvalue weighted by molar-refractivity contribution is 0.597. The van der Waals surface area contributed by atoms with Crippen LogP contribution in [-0.2, 0) is 4.12 Å². The molecule has 4 aromatic rings. The summed E-state index contributed by atoms with van der Waals surface area (Å²) < 4.78 is 7.42. The Balaban J connectivity index is 1.89. The Labute approximate surface area is 181 Å². The van der Waals surface area contributed by atoms with Gasteiger partial charge in [-0.15, -0.1) is 0 Å². The maximum absolute atomic E-state index is 7.42. The van der Waals surface area contributed by atoms with Gasteiger partial charge in [0.05, 0.1) is 0 Å². The Morgan fingerprint density at radius 2 is 0.933 bits per heavy atom. The second-order valence-electron chi connectivity index (χ2n) is 7.42. The summed E-state index contributed by atoms with van der Waals surface area (Å²) in [4.78, 5) is 0. The van der Waals surface area contributed by atoms with Crippen LogP contribution in [0.3, 0.4) is 0 Å². The van der Waals surface area contributed by atoms with Crippen molar-refractivity contribution in [3.05, 3.63) is 121 Å². The fraction of sp³-hybridized carbons (Fsp3) is 0.0769. The van der Waals surface area contributed by atoms with E-state index >= 15 is 0 Å². The van der Waals surface area contributed by atoms with Crippen LogP contribution in [0.4, 0.5) is 0 Å². The van der Waals surface area contributed by atoms with Gasteiger partial charge in [-0.2, -0.15) is 0 Å². The second-order valence-corrected chi connectivity index (χ2v) is 13.8. The first kappa shape index (κ1) is 20.5. The minimum atomic E-state index is -2.54. The number of hydrogen-bond acceptors (Lipinski definition) is 2. The topological polar surface area (TPSA) is 35.2 Å². The number of benzene rings is 4. The van der Waals surface area contributed by atoms with Gasteiger partial charge in [-0.25, -0.2) is 0 Å². The minimum absolute atomic E-state index is 0.598. The molecule has 2 nitrogen and oxygen atoms in total. The van der Waals surface area contributed by atoms with Crippen molar-refractivity contribution < 1.29 is 4.12 Å². The Morgan fingerprint density at radius 1 is 0.567 bits per heavy atom. The first-order valence-electron chi connectivity index (χ1n) is 10.4. The van der Waals surface area contributed by atoms with Crippen molar-refractivity contribution >= 4 is 38.1 Å². The van der Waals surface area contributed by atoms with Gasteiger partial charge in [0.25, 0.3) is 0 Å². The van der Waals surface area contributed by atoms with Gasteiger partial charge >= 0.3 is 0 Å². The lowest BCUT2D eigenvalue weighted by Gasteiger charge is -2.36. The number of hydrogen-bond donors (Lipinski definition) is 1. The predicted octanol–water partition coefficient (Wildman–Crippen LogP) is 2.26. The first-order chi connectivity index (χ1) is 14.8. The standard InChI is InChI=1S/C26H27NOSi2/c27-21-22-30(25-17-9-3-10-18-25,26-19-11-4-12-20-26)28-29(23-13-5-1-6-14-23)24-15-7-2-8-16-24/h1-20,29H,21-22,27H2. The van der Waals surface area contributed by atoms with Gasteiger partial charge in [-0.1, -0.05) is 121 Å². The van der Waals surface area contributed by atoms with Gasteiger partial charge in [0, 0.05) is 0 Å². The zero-order valence-corrected chi connectivity index (χ0v) is 19.2. The molecule has 0 aliphatic heterocycles. The highest BCUT2D eigenvalue weighted by atomic mass is 28.4. The van der Waals surface area contributed by atoms with E-state index in [0.29, 0.717) is 6.54 Å². The number of rotatable bonds is 8. The lowest BCUT2D eigenvalue weighted by Crippen LogP contribution is -2.67. The normalized spacial score (nSPS) is 11.5. The molecule has 30 heavy (non-hydrogen) atoms. The molecule has 0 amide bonds. The summed E-state index contributed by atoms with van der Waals surface area (Å²) >= 11 is 0. The molecule has 0 heterocycles. The smallest absolute Gasteiger partial charge is 0.246 e. The molecule has 0 radical (unpaired) electrons. The lowest BCUT2D eigenvalue weighted by atomic mass is 10.4. The van der Waals surface area contributed by atoms with Gasteiger partial charge in [0.2, 0.25) is 17.4 Å². The summed E-state index contributed by atoms with van der Waals surface area (Å²) in [5.41, 5.74) is 6.21. The highest BCUT2D eigenvalue weighted by molar-refractivity contribution is 7.03. The molecule has 0 aliphatic carbocycles. The van der Waals surface area contributed by atoms with Crippen LogP contribution in [0.1, 0.15) is 0 Å². The largest absolute Gasteiger partial charge is 0.444 e. The summed E-state index contributed by atoms with van der Waals surface area (Å²) in [6.45, 7) is 0.598. The van der Waals surface area contributed by atoms with Crippen molar-refractivity contribution in [3.63, 3.8) is 0 Å². The molecule has 0 bridgehead atoms. The molecule has 150 valence electrons. The van der Waals surface area contributed by atoms with Crippen LogP contribution in [0.15, 0.2) is 121 Å². The Bertz CT molecular complexity index is 949. The summed E-state index contributed by atoms with van der Waals surface area (Å²) in [5, 5.41) is 5.16. The Kier molecular flexibility index (Phi) is 6.71. The van der Waals surface area contributed by atoms with E-state index in [1.165, 1.54) is 20.7 Å². The summed E-state index contributed by atoms with van der Waals surface area (Å²) in [6.07, 6.45) is 0. The van der Waals surface area contributed by atoms with Gasteiger partial charge in [-0.3, -0.25) is 0 Å². The highest BCUT2D eigenvalue weighted by Gasteiger charge is 2.41. The quantitative estimate of drug-likeness (QED) is 0.440. The maximum Gasteiger partial charge on any atom is 0.246 e. The van der Waals surface area contributed by atoms with Crippen LogP contribution in [-0.4, -0.2) is 23.9 Å². The van der Waals surface area contributed by atoms with E-state index in [1.54, 1.807) is 0 Å². The summed E-state index contributed by atoms with van der Waals surface area (Å²) in [5.74, 6) is 0. The van der Waals surface area contributed by atoms with Crippen molar-refractivity contribution in [3.8, 4) is 0 Å². The molecule has 0 unspecified atom stereocenters.